The molecule has 4 N–H and O–H groups in total. The van der Waals surface area contributed by atoms with Crippen molar-refractivity contribution in [1.29, 1.82) is 0 Å². The third kappa shape index (κ3) is 5.97. The number of carbonyl (C=O) groups is 1. The summed E-state index contributed by atoms with van der Waals surface area (Å²) < 4.78 is 4.99. The highest BCUT2D eigenvalue weighted by atomic mass is 32.1. The molecule has 0 aliphatic carbocycles. The van der Waals surface area contributed by atoms with Crippen LogP contribution in [0.2, 0.25) is 0 Å². The van der Waals surface area contributed by atoms with Crippen molar-refractivity contribution in [2.75, 3.05) is 11.9 Å². The molecule has 2 rings (SSSR count). The van der Waals surface area contributed by atoms with E-state index in [2.05, 4.69) is 43.6 Å². The first-order valence-electron chi connectivity index (χ1n) is 8.82. The standard InChI is InChI=1S/C19H29N3O2S/c1-6-24-16(23)13-7-9-14(10-8-13)20-17(25)21-15-11-18(2,3)22-19(4,5)12-15/h7-10,15,22H,6,11-12H2,1-5H3,(H2,20,21,25)/p+1. The van der Waals surface area contributed by atoms with Crippen LogP contribution in [-0.2, 0) is 4.74 Å². The van der Waals surface area contributed by atoms with E-state index in [-0.39, 0.29) is 17.0 Å². The van der Waals surface area contributed by atoms with E-state index in [4.69, 9.17) is 17.0 Å². The lowest BCUT2D eigenvalue weighted by Gasteiger charge is -2.43. The van der Waals surface area contributed by atoms with Gasteiger partial charge in [0.2, 0.25) is 0 Å². The zero-order valence-electron chi connectivity index (χ0n) is 15.8. The van der Waals surface area contributed by atoms with Crippen LogP contribution in [0.15, 0.2) is 24.3 Å². The molecule has 1 aromatic carbocycles. The van der Waals surface area contributed by atoms with E-state index < -0.39 is 0 Å². The Morgan fingerprint density at radius 2 is 1.76 bits per heavy atom. The molecule has 1 aromatic rings. The SMILES string of the molecule is CCOC(=O)c1ccc(NC(=S)NC2CC(C)(C)[NH2+]C(C)(C)C2)cc1. The molecule has 1 aliphatic heterocycles. The Bertz CT molecular complexity index is 610. The van der Waals surface area contributed by atoms with Crippen LogP contribution in [0.25, 0.3) is 0 Å². The number of piperidine rings is 1. The first-order valence-corrected chi connectivity index (χ1v) is 9.23. The van der Waals surface area contributed by atoms with Crippen molar-refractivity contribution in [3.05, 3.63) is 29.8 Å². The second-order valence-electron chi connectivity index (χ2n) is 8.12. The van der Waals surface area contributed by atoms with Crippen LogP contribution in [-0.4, -0.2) is 34.8 Å². The Labute approximate surface area is 155 Å². The van der Waals surface area contributed by atoms with Crippen molar-refractivity contribution in [3.8, 4) is 0 Å². The second kappa shape index (κ2) is 7.70. The quantitative estimate of drug-likeness (QED) is 0.566. The summed E-state index contributed by atoms with van der Waals surface area (Å²) in [4.78, 5) is 11.7. The maximum absolute atomic E-state index is 11.7. The fourth-order valence-electron chi connectivity index (χ4n) is 3.88. The van der Waals surface area contributed by atoms with E-state index in [1.54, 1.807) is 19.1 Å². The summed E-state index contributed by atoms with van der Waals surface area (Å²) in [5.74, 6) is -0.308. The Morgan fingerprint density at radius 3 is 2.28 bits per heavy atom. The van der Waals surface area contributed by atoms with E-state index in [9.17, 15) is 4.79 Å². The van der Waals surface area contributed by atoms with Crippen molar-refractivity contribution in [3.63, 3.8) is 0 Å². The molecular weight excluding hydrogens is 334 g/mol. The van der Waals surface area contributed by atoms with Crippen LogP contribution in [0, 0.1) is 0 Å². The lowest BCUT2D eigenvalue weighted by atomic mass is 9.80. The molecule has 1 saturated heterocycles. The zero-order chi connectivity index (χ0) is 18.7. The number of carbonyl (C=O) groups excluding carboxylic acids is 1. The van der Waals surface area contributed by atoms with E-state index >= 15 is 0 Å². The first-order chi connectivity index (χ1) is 11.6. The molecule has 0 unspecified atom stereocenters. The van der Waals surface area contributed by atoms with Gasteiger partial charge >= 0.3 is 5.97 Å². The van der Waals surface area contributed by atoms with Gasteiger partial charge in [0.1, 0.15) is 0 Å². The topological polar surface area (TPSA) is 67.0 Å². The molecule has 0 amide bonds. The number of hydrogen-bond donors (Lipinski definition) is 3. The third-order valence-corrected chi connectivity index (χ3v) is 4.54. The summed E-state index contributed by atoms with van der Waals surface area (Å²) in [5, 5.41) is 9.71. The van der Waals surface area contributed by atoms with Gasteiger partial charge < -0.3 is 20.7 Å². The minimum absolute atomic E-state index is 0.191. The highest BCUT2D eigenvalue weighted by Crippen LogP contribution is 2.22. The summed E-state index contributed by atoms with van der Waals surface area (Å²) in [7, 11) is 0. The van der Waals surface area contributed by atoms with Crippen LogP contribution in [0.4, 0.5) is 5.69 Å². The van der Waals surface area contributed by atoms with Gasteiger partial charge in [0.05, 0.1) is 23.2 Å². The van der Waals surface area contributed by atoms with E-state index in [0.717, 1.165) is 18.5 Å². The van der Waals surface area contributed by atoms with Gasteiger partial charge in [-0.1, -0.05) is 0 Å². The Balaban J connectivity index is 1.93. The van der Waals surface area contributed by atoms with Gasteiger partial charge in [0, 0.05) is 24.6 Å². The van der Waals surface area contributed by atoms with Gasteiger partial charge in [0.25, 0.3) is 0 Å². The monoisotopic (exact) mass is 364 g/mol. The number of benzene rings is 1. The van der Waals surface area contributed by atoms with E-state index in [1.165, 1.54) is 0 Å². The number of anilines is 1. The number of rotatable bonds is 4. The largest absolute Gasteiger partial charge is 0.462 e. The number of nitrogens with two attached hydrogens (primary N) is 1. The number of hydrogen-bond acceptors (Lipinski definition) is 3. The van der Waals surface area contributed by atoms with Crippen molar-refractivity contribution < 1.29 is 14.8 Å². The minimum Gasteiger partial charge on any atom is -0.462 e. The lowest BCUT2D eigenvalue weighted by Crippen LogP contribution is -3.06. The number of esters is 1. The first kappa shape index (κ1) is 19.7. The normalized spacial score (nSPS) is 19.1. The molecule has 1 heterocycles. The van der Waals surface area contributed by atoms with Crippen LogP contribution in [0.5, 0.6) is 0 Å². The van der Waals surface area contributed by atoms with Gasteiger partial charge in [-0.2, -0.15) is 0 Å². The van der Waals surface area contributed by atoms with Crippen molar-refractivity contribution in [2.24, 2.45) is 0 Å². The van der Waals surface area contributed by atoms with Crippen LogP contribution in [0.1, 0.15) is 57.8 Å². The summed E-state index contributed by atoms with van der Waals surface area (Å²) >= 11 is 5.47. The Hall–Kier alpha value is -1.66. The number of quaternary nitrogens is 1. The molecule has 0 saturated carbocycles. The predicted molar refractivity (Wildman–Crippen MR) is 105 cm³/mol. The average molecular weight is 365 g/mol. The molecule has 1 aliphatic rings. The zero-order valence-corrected chi connectivity index (χ0v) is 16.6. The van der Waals surface area contributed by atoms with Crippen LogP contribution in [0.3, 0.4) is 0 Å². The maximum atomic E-state index is 11.7. The van der Waals surface area contributed by atoms with Crippen LogP contribution >= 0.6 is 12.2 Å². The van der Waals surface area contributed by atoms with Gasteiger partial charge in [-0.05, 0) is 71.1 Å². The van der Waals surface area contributed by atoms with Gasteiger partial charge in [-0.3, -0.25) is 0 Å². The smallest absolute Gasteiger partial charge is 0.338 e. The molecule has 0 atom stereocenters. The fraction of sp³-hybridized carbons (Fsp3) is 0.579. The summed E-state index contributed by atoms with van der Waals surface area (Å²) in [6, 6.07) is 7.50. The lowest BCUT2D eigenvalue weighted by molar-refractivity contribution is -0.787. The number of ether oxygens (including phenoxy) is 1. The van der Waals surface area contributed by atoms with E-state index in [1.807, 2.05) is 12.1 Å². The van der Waals surface area contributed by atoms with Gasteiger partial charge in [0.15, 0.2) is 5.11 Å². The van der Waals surface area contributed by atoms with Crippen molar-refractivity contribution in [2.45, 2.75) is 64.6 Å². The summed E-state index contributed by atoms with van der Waals surface area (Å²) in [5.41, 5.74) is 1.77. The predicted octanol–water partition coefficient (Wildman–Crippen LogP) is 2.43. The molecular formula is C19H30N3O2S+. The molecule has 0 spiro atoms. The Kier molecular flexibility index (Phi) is 6.06. The molecule has 25 heavy (non-hydrogen) atoms. The summed E-state index contributed by atoms with van der Waals surface area (Å²) in [6.45, 7) is 11.3. The van der Waals surface area contributed by atoms with Gasteiger partial charge in [-0.15, -0.1) is 0 Å². The average Bonchev–Trinajstić information content (AvgIpc) is 2.44. The molecule has 0 bridgehead atoms. The highest BCUT2D eigenvalue weighted by Gasteiger charge is 2.41. The fourth-order valence-corrected chi connectivity index (χ4v) is 4.16. The highest BCUT2D eigenvalue weighted by molar-refractivity contribution is 7.80. The molecule has 5 nitrogen and oxygen atoms in total. The second-order valence-corrected chi connectivity index (χ2v) is 8.53. The summed E-state index contributed by atoms with van der Waals surface area (Å²) in [6.07, 6.45) is 2.11. The minimum atomic E-state index is -0.308. The molecule has 6 heteroatoms. The molecule has 138 valence electrons. The van der Waals surface area contributed by atoms with Crippen molar-refractivity contribution >= 4 is 29.0 Å². The maximum Gasteiger partial charge on any atom is 0.338 e. The number of nitrogens with one attached hydrogen (secondary N) is 2. The Morgan fingerprint density at radius 1 is 1.20 bits per heavy atom. The third-order valence-electron chi connectivity index (χ3n) is 4.32. The molecule has 0 radical (unpaired) electrons. The van der Waals surface area contributed by atoms with E-state index in [0.29, 0.717) is 23.3 Å². The van der Waals surface area contributed by atoms with Gasteiger partial charge in [-0.25, -0.2) is 4.79 Å². The molecule has 0 aromatic heterocycles. The number of thiocarbonyl (C=S) groups is 1. The molecule has 1 fully saturated rings. The van der Waals surface area contributed by atoms with Crippen molar-refractivity contribution in [1.82, 2.24) is 5.32 Å². The van der Waals surface area contributed by atoms with Crippen LogP contribution < -0.4 is 16.0 Å².